The van der Waals surface area contributed by atoms with Crippen LogP contribution in [0.25, 0.3) is 0 Å². The van der Waals surface area contributed by atoms with Gasteiger partial charge in [-0.1, -0.05) is 13.8 Å². The van der Waals surface area contributed by atoms with Crippen LogP contribution in [0.3, 0.4) is 0 Å². The number of carbonyl (C=O) groups excluding carboxylic acids is 1. The van der Waals surface area contributed by atoms with Gasteiger partial charge in [-0.05, 0) is 6.42 Å². The highest BCUT2D eigenvalue weighted by molar-refractivity contribution is 7.85. The molecule has 0 N–H and O–H groups in total. The SMILES string of the molecule is CCC(C)S(=O)CCC(=O)OC. The van der Waals surface area contributed by atoms with Crippen LogP contribution in [0.1, 0.15) is 26.7 Å². The van der Waals surface area contributed by atoms with Crippen LogP contribution in [0, 0.1) is 0 Å². The molecule has 0 fully saturated rings. The lowest BCUT2D eigenvalue weighted by molar-refractivity contribution is -0.140. The van der Waals surface area contributed by atoms with Crippen LogP contribution in [-0.4, -0.2) is 28.3 Å². The van der Waals surface area contributed by atoms with E-state index < -0.39 is 10.8 Å². The molecule has 0 radical (unpaired) electrons. The molecule has 0 aromatic heterocycles. The van der Waals surface area contributed by atoms with E-state index in [-0.39, 0.29) is 17.6 Å². The Morgan fingerprint density at radius 1 is 1.58 bits per heavy atom. The Bertz CT molecular complexity index is 168. The van der Waals surface area contributed by atoms with Crippen LogP contribution in [0.5, 0.6) is 0 Å². The van der Waals surface area contributed by atoms with E-state index in [2.05, 4.69) is 4.74 Å². The minimum Gasteiger partial charge on any atom is -0.469 e. The van der Waals surface area contributed by atoms with Crippen LogP contribution >= 0.6 is 0 Å². The number of esters is 1. The largest absolute Gasteiger partial charge is 0.469 e. The Labute approximate surface area is 75.9 Å². The molecule has 2 atom stereocenters. The number of hydrogen-bond donors (Lipinski definition) is 0. The first-order valence-electron chi connectivity index (χ1n) is 4.05. The second-order valence-corrected chi connectivity index (χ2v) is 4.60. The summed E-state index contributed by atoms with van der Waals surface area (Å²) in [5.74, 6) is 0.133. The first kappa shape index (κ1) is 11.6. The molecule has 3 nitrogen and oxygen atoms in total. The summed E-state index contributed by atoms with van der Waals surface area (Å²) in [6.07, 6.45) is 1.14. The van der Waals surface area contributed by atoms with Crippen LogP contribution in [0.2, 0.25) is 0 Å². The smallest absolute Gasteiger partial charge is 0.306 e. The molecule has 0 amide bonds. The molecule has 0 rings (SSSR count). The topological polar surface area (TPSA) is 43.4 Å². The third kappa shape index (κ3) is 4.49. The van der Waals surface area contributed by atoms with Gasteiger partial charge in [0, 0.05) is 21.8 Å². The summed E-state index contributed by atoms with van der Waals surface area (Å²) in [6.45, 7) is 3.91. The second kappa shape index (κ2) is 6.17. The Balaban J connectivity index is 3.64. The molecule has 0 bridgehead atoms. The van der Waals surface area contributed by atoms with Gasteiger partial charge in [-0.2, -0.15) is 0 Å². The maximum atomic E-state index is 11.3. The van der Waals surface area contributed by atoms with E-state index in [1.54, 1.807) is 0 Å². The van der Waals surface area contributed by atoms with Crippen molar-refractivity contribution in [2.75, 3.05) is 12.9 Å². The molecule has 0 aliphatic rings. The summed E-state index contributed by atoms with van der Waals surface area (Å²) in [5, 5.41) is 0.176. The predicted octanol–water partition coefficient (Wildman–Crippen LogP) is 1.10. The molecular formula is C8H16O3S. The number of hydrogen-bond acceptors (Lipinski definition) is 3. The monoisotopic (exact) mass is 192 g/mol. The molecule has 0 saturated carbocycles. The highest BCUT2D eigenvalue weighted by Crippen LogP contribution is 2.02. The normalized spacial score (nSPS) is 15.2. The van der Waals surface area contributed by atoms with Crippen molar-refractivity contribution in [3.05, 3.63) is 0 Å². The van der Waals surface area contributed by atoms with Gasteiger partial charge in [-0.3, -0.25) is 9.00 Å². The van der Waals surface area contributed by atoms with Crippen LogP contribution in [0.4, 0.5) is 0 Å². The summed E-state index contributed by atoms with van der Waals surface area (Å²) in [7, 11) is 0.454. The Morgan fingerprint density at radius 3 is 2.58 bits per heavy atom. The lowest BCUT2D eigenvalue weighted by Gasteiger charge is -2.06. The fourth-order valence-electron chi connectivity index (χ4n) is 0.673. The molecule has 4 heteroatoms. The molecule has 0 saturated heterocycles. The van der Waals surface area contributed by atoms with Crippen LogP contribution in [-0.2, 0) is 20.3 Å². The molecule has 0 aliphatic carbocycles. The minimum absolute atomic E-state index is 0.176. The highest BCUT2D eigenvalue weighted by Gasteiger charge is 2.10. The molecule has 0 aliphatic heterocycles. The zero-order chi connectivity index (χ0) is 9.56. The lowest BCUT2D eigenvalue weighted by atomic mass is 10.4. The van der Waals surface area contributed by atoms with Gasteiger partial charge in [0.15, 0.2) is 0 Å². The van der Waals surface area contributed by atoms with Gasteiger partial charge in [0.1, 0.15) is 0 Å². The summed E-state index contributed by atoms with van der Waals surface area (Å²) in [4.78, 5) is 10.7. The van der Waals surface area contributed by atoms with Crippen molar-refractivity contribution in [3.8, 4) is 0 Å². The maximum absolute atomic E-state index is 11.3. The van der Waals surface area contributed by atoms with E-state index in [1.807, 2.05) is 13.8 Å². The summed E-state index contributed by atoms with van der Waals surface area (Å²) < 4.78 is 15.7. The number of ether oxygens (including phenoxy) is 1. The minimum atomic E-state index is -0.888. The third-order valence-electron chi connectivity index (χ3n) is 1.76. The fraction of sp³-hybridized carbons (Fsp3) is 0.875. The van der Waals surface area contributed by atoms with Crippen molar-refractivity contribution in [3.63, 3.8) is 0 Å². The first-order valence-corrected chi connectivity index (χ1v) is 5.44. The van der Waals surface area contributed by atoms with Crippen molar-refractivity contribution >= 4 is 16.8 Å². The highest BCUT2D eigenvalue weighted by atomic mass is 32.2. The third-order valence-corrected chi connectivity index (χ3v) is 3.60. The summed E-state index contributed by atoms with van der Waals surface area (Å²) >= 11 is 0. The van der Waals surface area contributed by atoms with Gasteiger partial charge in [0.05, 0.1) is 13.5 Å². The zero-order valence-electron chi connectivity index (χ0n) is 7.83. The van der Waals surface area contributed by atoms with E-state index in [1.165, 1.54) is 7.11 Å². The van der Waals surface area contributed by atoms with Crippen LogP contribution < -0.4 is 0 Å². The summed E-state index contributed by atoms with van der Waals surface area (Å²) in [6, 6.07) is 0. The quantitative estimate of drug-likeness (QED) is 0.613. The lowest BCUT2D eigenvalue weighted by Crippen LogP contribution is -2.15. The molecule has 0 aromatic rings. The van der Waals surface area contributed by atoms with E-state index in [0.717, 1.165) is 6.42 Å². The van der Waals surface area contributed by atoms with Crippen molar-refractivity contribution in [2.24, 2.45) is 0 Å². The standard InChI is InChI=1S/C8H16O3S/c1-4-7(2)12(10)6-5-8(9)11-3/h7H,4-6H2,1-3H3. The van der Waals surface area contributed by atoms with Gasteiger partial charge in [0.25, 0.3) is 0 Å². The number of rotatable bonds is 5. The van der Waals surface area contributed by atoms with Crippen molar-refractivity contribution in [1.29, 1.82) is 0 Å². The fourth-order valence-corrected chi connectivity index (χ4v) is 1.82. The molecular weight excluding hydrogens is 176 g/mol. The Kier molecular flexibility index (Phi) is 5.98. The molecule has 0 spiro atoms. The second-order valence-electron chi connectivity index (χ2n) is 2.63. The Hall–Kier alpha value is -0.380. The van der Waals surface area contributed by atoms with Gasteiger partial charge in [0.2, 0.25) is 0 Å². The summed E-state index contributed by atoms with van der Waals surface area (Å²) in [5.41, 5.74) is 0. The average molecular weight is 192 g/mol. The predicted molar refractivity (Wildman–Crippen MR) is 49.4 cm³/mol. The molecule has 72 valence electrons. The van der Waals surface area contributed by atoms with Gasteiger partial charge in [-0.25, -0.2) is 0 Å². The zero-order valence-corrected chi connectivity index (χ0v) is 8.65. The average Bonchev–Trinajstić information content (AvgIpc) is 2.11. The number of carbonyl (C=O) groups is 1. The van der Waals surface area contributed by atoms with Crippen molar-refractivity contribution in [1.82, 2.24) is 0 Å². The van der Waals surface area contributed by atoms with E-state index in [0.29, 0.717) is 5.75 Å². The van der Waals surface area contributed by atoms with Gasteiger partial charge >= 0.3 is 5.97 Å². The van der Waals surface area contributed by atoms with Gasteiger partial charge < -0.3 is 4.74 Å². The Morgan fingerprint density at radius 2 is 2.17 bits per heavy atom. The first-order chi connectivity index (χ1) is 5.61. The van der Waals surface area contributed by atoms with E-state index >= 15 is 0 Å². The molecule has 2 unspecified atom stereocenters. The van der Waals surface area contributed by atoms with Crippen molar-refractivity contribution in [2.45, 2.75) is 31.9 Å². The number of methoxy groups -OCH3 is 1. The van der Waals surface area contributed by atoms with E-state index in [9.17, 15) is 9.00 Å². The van der Waals surface area contributed by atoms with E-state index in [4.69, 9.17) is 0 Å². The molecule has 0 aromatic carbocycles. The maximum Gasteiger partial charge on any atom is 0.306 e. The van der Waals surface area contributed by atoms with Crippen LogP contribution in [0.15, 0.2) is 0 Å². The van der Waals surface area contributed by atoms with Gasteiger partial charge in [-0.15, -0.1) is 0 Å². The molecule has 12 heavy (non-hydrogen) atoms. The van der Waals surface area contributed by atoms with Crippen molar-refractivity contribution < 1.29 is 13.7 Å². The molecule has 0 heterocycles.